The molecule has 0 aliphatic rings. The molecule has 0 aromatic heterocycles. The van der Waals surface area contributed by atoms with Crippen LogP contribution in [-0.2, 0) is 4.79 Å². The maximum atomic E-state index is 12.2. The zero-order chi connectivity index (χ0) is 18.4. The molecule has 0 spiro atoms. The minimum atomic E-state index is -0.161. The molecule has 6 heteroatoms. The zero-order valence-electron chi connectivity index (χ0n) is 14.5. The third-order valence-electron chi connectivity index (χ3n) is 4.00. The second-order valence-corrected chi connectivity index (χ2v) is 6.62. The maximum Gasteiger partial charge on any atom is 0.234 e. The highest BCUT2D eigenvalue weighted by atomic mass is 35.5. The molecule has 0 radical (unpaired) electrons. The molecule has 0 heterocycles. The van der Waals surface area contributed by atoms with Gasteiger partial charge in [0.15, 0.2) is 0 Å². The highest BCUT2D eigenvalue weighted by Crippen LogP contribution is 2.26. The molecule has 0 saturated heterocycles. The standard InChI is InChI=1S/C19H22Cl2N2O2/c1-12(14-8-9-16(20)17(21)10-14)23-19(24)11-22-13(2)15-6-4-5-7-18(15)25-3/h4-10,12-13,22H,11H2,1-3H3,(H,23,24)/t12-,13+/m1/s1. The number of hydrogen-bond acceptors (Lipinski definition) is 3. The Labute approximate surface area is 158 Å². The van der Waals surface area contributed by atoms with Gasteiger partial charge in [0.25, 0.3) is 0 Å². The maximum absolute atomic E-state index is 12.2. The molecule has 0 fully saturated rings. The summed E-state index contributed by atoms with van der Waals surface area (Å²) in [7, 11) is 1.64. The van der Waals surface area contributed by atoms with Crippen molar-refractivity contribution < 1.29 is 9.53 Å². The van der Waals surface area contributed by atoms with Crippen molar-refractivity contribution in [1.29, 1.82) is 0 Å². The van der Waals surface area contributed by atoms with Gasteiger partial charge in [0.05, 0.1) is 29.7 Å². The lowest BCUT2D eigenvalue weighted by Gasteiger charge is -2.19. The highest BCUT2D eigenvalue weighted by Gasteiger charge is 2.14. The zero-order valence-corrected chi connectivity index (χ0v) is 16.0. The Balaban J connectivity index is 1.90. The van der Waals surface area contributed by atoms with Crippen molar-refractivity contribution in [3.8, 4) is 5.75 Å². The molecule has 2 atom stereocenters. The molecule has 25 heavy (non-hydrogen) atoms. The summed E-state index contributed by atoms with van der Waals surface area (Å²) in [6, 6.07) is 12.9. The smallest absolute Gasteiger partial charge is 0.234 e. The van der Waals surface area contributed by atoms with Gasteiger partial charge in [-0.3, -0.25) is 4.79 Å². The predicted molar refractivity (Wildman–Crippen MR) is 102 cm³/mol. The van der Waals surface area contributed by atoms with Crippen LogP contribution in [0.1, 0.15) is 37.1 Å². The van der Waals surface area contributed by atoms with Crippen LogP contribution in [-0.4, -0.2) is 19.6 Å². The fraction of sp³-hybridized carbons (Fsp3) is 0.316. The van der Waals surface area contributed by atoms with Gasteiger partial charge in [0.2, 0.25) is 5.91 Å². The number of para-hydroxylation sites is 1. The average Bonchev–Trinajstić information content (AvgIpc) is 2.61. The SMILES string of the molecule is COc1ccccc1[C@H](C)NCC(=O)N[C@H](C)c1ccc(Cl)c(Cl)c1. The molecule has 4 nitrogen and oxygen atoms in total. The second-order valence-electron chi connectivity index (χ2n) is 5.81. The van der Waals surface area contributed by atoms with Crippen LogP contribution in [0, 0.1) is 0 Å². The van der Waals surface area contributed by atoms with Crippen molar-refractivity contribution in [2.24, 2.45) is 0 Å². The lowest BCUT2D eigenvalue weighted by Crippen LogP contribution is -2.36. The predicted octanol–water partition coefficient (Wildman–Crippen LogP) is 4.53. The summed E-state index contributed by atoms with van der Waals surface area (Å²) >= 11 is 11.9. The molecule has 134 valence electrons. The van der Waals surface area contributed by atoms with Gasteiger partial charge >= 0.3 is 0 Å². The van der Waals surface area contributed by atoms with Gasteiger partial charge < -0.3 is 15.4 Å². The van der Waals surface area contributed by atoms with E-state index in [0.29, 0.717) is 10.0 Å². The number of ether oxygens (including phenoxy) is 1. The third kappa shape index (κ3) is 5.36. The number of nitrogens with one attached hydrogen (secondary N) is 2. The summed E-state index contributed by atoms with van der Waals surface area (Å²) in [5.41, 5.74) is 1.91. The molecular weight excluding hydrogens is 359 g/mol. The van der Waals surface area contributed by atoms with Crippen LogP contribution >= 0.6 is 23.2 Å². The number of benzene rings is 2. The molecule has 0 aliphatic carbocycles. The van der Waals surface area contributed by atoms with E-state index in [-0.39, 0.29) is 24.5 Å². The summed E-state index contributed by atoms with van der Waals surface area (Å²) in [6.07, 6.45) is 0. The first-order valence-corrected chi connectivity index (χ1v) is 8.78. The lowest BCUT2D eigenvalue weighted by atomic mass is 10.1. The molecule has 0 unspecified atom stereocenters. The van der Waals surface area contributed by atoms with Crippen molar-refractivity contribution in [3.63, 3.8) is 0 Å². The van der Waals surface area contributed by atoms with Gasteiger partial charge in [-0.1, -0.05) is 47.5 Å². The van der Waals surface area contributed by atoms with Crippen molar-refractivity contribution in [2.45, 2.75) is 25.9 Å². The lowest BCUT2D eigenvalue weighted by molar-refractivity contribution is -0.121. The molecular formula is C19H22Cl2N2O2. The highest BCUT2D eigenvalue weighted by molar-refractivity contribution is 6.42. The topological polar surface area (TPSA) is 50.4 Å². The van der Waals surface area contributed by atoms with Crippen LogP contribution in [0.5, 0.6) is 5.75 Å². The normalized spacial score (nSPS) is 13.2. The number of rotatable bonds is 7. The van der Waals surface area contributed by atoms with Crippen LogP contribution in [0.15, 0.2) is 42.5 Å². The van der Waals surface area contributed by atoms with E-state index in [1.165, 1.54) is 0 Å². The Morgan fingerprint density at radius 3 is 2.48 bits per heavy atom. The van der Waals surface area contributed by atoms with Gasteiger partial charge in [-0.25, -0.2) is 0 Å². The Bertz CT molecular complexity index is 737. The monoisotopic (exact) mass is 380 g/mol. The second kappa shape index (κ2) is 9.09. The van der Waals surface area contributed by atoms with E-state index in [1.807, 2.05) is 44.2 Å². The first-order valence-electron chi connectivity index (χ1n) is 8.03. The number of methoxy groups -OCH3 is 1. The molecule has 0 saturated carbocycles. The van der Waals surface area contributed by atoms with E-state index in [0.717, 1.165) is 16.9 Å². The van der Waals surface area contributed by atoms with Gasteiger partial charge in [-0.15, -0.1) is 0 Å². The van der Waals surface area contributed by atoms with Crippen LogP contribution in [0.4, 0.5) is 0 Å². The van der Waals surface area contributed by atoms with E-state index < -0.39 is 0 Å². The summed E-state index contributed by atoms with van der Waals surface area (Å²) in [6.45, 7) is 4.10. The minimum Gasteiger partial charge on any atom is -0.496 e. The van der Waals surface area contributed by atoms with Crippen molar-refractivity contribution in [1.82, 2.24) is 10.6 Å². The van der Waals surface area contributed by atoms with E-state index in [4.69, 9.17) is 27.9 Å². The van der Waals surface area contributed by atoms with Crippen LogP contribution < -0.4 is 15.4 Å². The third-order valence-corrected chi connectivity index (χ3v) is 4.73. The summed E-state index contributed by atoms with van der Waals surface area (Å²) < 4.78 is 5.35. The Hall–Kier alpha value is -1.75. The fourth-order valence-electron chi connectivity index (χ4n) is 2.54. The van der Waals surface area contributed by atoms with E-state index in [9.17, 15) is 4.79 Å². The van der Waals surface area contributed by atoms with Gasteiger partial charge in [0.1, 0.15) is 5.75 Å². The average molecular weight is 381 g/mol. The number of halogens is 2. The summed E-state index contributed by atoms with van der Waals surface area (Å²) in [4.78, 5) is 12.2. The van der Waals surface area contributed by atoms with E-state index in [1.54, 1.807) is 19.2 Å². The van der Waals surface area contributed by atoms with Crippen molar-refractivity contribution in [3.05, 3.63) is 63.6 Å². The van der Waals surface area contributed by atoms with Crippen molar-refractivity contribution >= 4 is 29.1 Å². The molecule has 2 N–H and O–H groups in total. The van der Waals surface area contributed by atoms with Gasteiger partial charge in [-0.2, -0.15) is 0 Å². The molecule has 0 bridgehead atoms. The first-order chi connectivity index (χ1) is 11.9. The molecule has 0 aliphatic heterocycles. The fourth-order valence-corrected chi connectivity index (χ4v) is 2.84. The van der Waals surface area contributed by atoms with E-state index >= 15 is 0 Å². The van der Waals surface area contributed by atoms with Crippen LogP contribution in [0.2, 0.25) is 10.0 Å². The number of carbonyl (C=O) groups excluding carboxylic acids is 1. The molecule has 1 amide bonds. The largest absolute Gasteiger partial charge is 0.496 e. The van der Waals surface area contributed by atoms with Crippen LogP contribution in [0.3, 0.4) is 0 Å². The molecule has 2 rings (SSSR count). The number of carbonyl (C=O) groups is 1. The first kappa shape index (κ1) is 19.6. The van der Waals surface area contributed by atoms with E-state index in [2.05, 4.69) is 10.6 Å². The van der Waals surface area contributed by atoms with Crippen LogP contribution in [0.25, 0.3) is 0 Å². The summed E-state index contributed by atoms with van der Waals surface area (Å²) in [5.74, 6) is 0.701. The Kier molecular flexibility index (Phi) is 7.12. The Morgan fingerprint density at radius 1 is 1.08 bits per heavy atom. The van der Waals surface area contributed by atoms with Gasteiger partial charge in [-0.05, 0) is 37.6 Å². The summed E-state index contributed by atoms with van der Waals surface area (Å²) in [5, 5.41) is 7.13. The molecule has 2 aromatic carbocycles. The molecule has 2 aromatic rings. The minimum absolute atomic E-state index is 0.0119. The number of hydrogen-bond donors (Lipinski definition) is 2. The quantitative estimate of drug-likeness (QED) is 0.741. The number of amides is 1. The van der Waals surface area contributed by atoms with Gasteiger partial charge in [0, 0.05) is 11.6 Å². The Morgan fingerprint density at radius 2 is 1.80 bits per heavy atom. The van der Waals surface area contributed by atoms with Crippen molar-refractivity contribution in [2.75, 3.05) is 13.7 Å².